The smallest absolute Gasteiger partial charge is 0.399 e. The van der Waals surface area contributed by atoms with Crippen molar-refractivity contribution in [2.75, 3.05) is 6.67 Å². The molecule has 54 valence electrons. The Morgan fingerprint density at radius 1 is 1.67 bits per heavy atom. The maximum absolute atomic E-state index is 11.6. The monoisotopic (exact) mass is 142 g/mol. The average Bonchev–Trinajstić information content (AvgIpc) is 1.63. The van der Waals surface area contributed by atoms with E-state index >= 15 is 0 Å². The molecule has 0 aromatic heterocycles. The van der Waals surface area contributed by atoms with E-state index in [-0.39, 0.29) is 0 Å². The van der Waals surface area contributed by atoms with Crippen LogP contribution in [0.1, 0.15) is 6.92 Å². The molecule has 0 saturated carbocycles. The summed E-state index contributed by atoms with van der Waals surface area (Å²) in [6.45, 7) is -1.20. The molecule has 0 N–H and O–H groups in total. The lowest BCUT2D eigenvalue weighted by atomic mass is 10.7. The second-order valence-electron chi connectivity index (χ2n) is 1.36. The van der Waals surface area contributed by atoms with E-state index in [0.29, 0.717) is 0 Å². The Balaban J connectivity index is 3.71. The van der Waals surface area contributed by atoms with Crippen molar-refractivity contribution in [3.8, 4) is 0 Å². The Morgan fingerprint density at radius 3 is 2.22 bits per heavy atom. The first-order valence-electron chi connectivity index (χ1n) is 2.11. The topological polar surface area (TPSA) is 26.3 Å². The maximum Gasteiger partial charge on any atom is 0.429 e. The average molecular weight is 142 g/mol. The third-order valence-electron chi connectivity index (χ3n) is 0.449. The first-order chi connectivity index (χ1) is 3.98. The largest absolute Gasteiger partial charge is 0.429 e. The zero-order valence-electron chi connectivity index (χ0n) is 4.66. The third-order valence-corrected chi connectivity index (χ3v) is 0.449. The number of carbonyl (C=O) groups excluding carboxylic acids is 1. The van der Waals surface area contributed by atoms with E-state index in [1.165, 1.54) is 0 Å². The van der Waals surface area contributed by atoms with Crippen molar-refractivity contribution in [3.05, 3.63) is 0 Å². The second kappa shape index (κ2) is 2.70. The van der Waals surface area contributed by atoms with Gasteiger partial charge in [0.15, 0.2) is 6.67 Å². The molecule has 0 bridgehead atoms. The molecule has 0 radical (unpaired) electrons. The summed E-state index contributed by atoms with van der Waals surface area (Å²) in [6.07, 6.45) is -3.95. The highest BCUT2D eigenvalue weighted by atomic mass is 19.3. The standard InChI is InChI=1S/C4H5F3O2/c1-3(8)9-4(6,7)2-5/h2H2,1H3. The van der Waals surface area contributed by atoms with Crippen LogP contribution >= 0.6 is 0 Å². The molecular weight excluding hydrogens is 137 g/mol. The van der Waals surface area contributed by atoms with E-state index in [4.69, 9.17) is 0 Å². The van der Waals surface area contributed by atoms with Gasteiger partial charge in [-0.15, -0.1) is 0 Å². The Labute approximate surface area is 49.6 Å². The maximum atomic E-state index is 11.6. The number of hydrogen-bond acceptors (Lipinski definition) is 2. The summed E-state index contributed by atoms with van der Waals surface area (Å²) in [5.74, 6) is -1.20. The van der Waals surface area contributed by atoms with Crippen LogP contribution in [-0.4, -0.2) is 18.8 Å². The van der Waals surface area contributed by atoms with Gasteiger partial charge in [-0.05, 0) is 0 Å². The van der Waals surface area contributed by atoms with Crippen molar-refractivity contribution in [2.24, 2.45) is 0 Å². The summed E-state index contributed by atoms with van der Waals surface area (Å²) >= 11 is 0. The molecule has 0 rings (SSSR count). The van der Waals surface area contributed by atoms with Crippen LogP contribution in [0.3, 0.4) is 0 Å². The predicted octanol–water partition coefficient (Wildman–Crippen LogP) is 1.11. The van der Waals surface area contributed by atoms with E-state index in [1.807, 2.05) is 0 Å². The minimum atomic E-state index is -3.95. The minimum absolute atomic E-state index is 0.781. The molecule has 0 amide bonds. The summed E-state index contributed by atoms with van der Waals surface area (Å²) in [5, 5.41) is 0. The molecule has 0 heterocycles. The van der Waals surface area contributed by atoms with Crippen LogP contribution in [0.15, 0.2) is 0 Å². The summed E-state index contributed by atoms with van der Waals surface area (Å²) in [4.78, 5) is 9.75. The van der Waals surface area contributed by atoms with Crippen LogP contribution in [-0.2, 0) is 9.53 Å². The molecule has 0 fully saturated rings. The first-order valence-corrected chi connectivity index (χ1v) is 2.11. The van der Waals surface area contributed by atoms with Crippen LogP contribution in [0, 0.1) is 0 Å². The van der Waals surface area contributed by atoms with Crippen molar-refractivity contribution in [3.63, 3.8) is 0 Å². The quantitative estimate of drug-likeness (QED) is 0.540. The van der Waals surface area contributed by atoms with Gasteiger partial charge in [0.25, 0.3) is 0 Å². The summed E-state index contributed by atoms with van der Waals surface area (Å²) < 4.78 is 37.5. The normalized spacial score (nSPS) is 11.1. The lowest BCUT2D eigenvalue weighted by molar-refractivity contribution is -0.236. The molecule has 2 nitrogen and oxygen atoms in total. The van der Waals surface area contributed by atoms with Gasteiger partial charge in [-0.3, -0.25) is 4.79 Å². The molecule has 5 heteroatoms. The molecular formula is C4H5F3O2. The minimum Gasteiger partial charge on any atom is -0.399 e. The van der Waals surface area contributed by atoms with E-state index in [0.717, 1.165) is 6.92 Å². The Bertz CT molecular complexity index is 112. The summed E-state index contributed by atoms with van der Waals surface area (Å²) in [6, 6.07) is 0. The van der Waals surface area contributed by atoms with Crippen molar-refractivity contribution < 1.29 is 22.7 Å². The van der Waals surface area contributed by atoms with E-state index in [2.05, 4.69) is 4.74 Å². The second-order valence-corrected chi connectivity index (χ2v) is 1.36. The number of alkyl halides is 3. The molecule has 0 aliphatic rings. The van der Waals surface area contributed by atoms with Gasteiger partial charge in [0.1, 0.15) is 0 Å². The van der Waals surface area contributed by atoms with Gasteiger partial charge in [-0.25, -0.2) is 4.39 Å². The fraction of sp³-hybridized carbons (Fsp3) is 0.750. The Morgan fingerprint density at radius 2 is 2.11 bits per heavy atom. The SMILES string of the molecule is CC(=O)OC(F)(F)CF. The van der Waals surface area contributed by atoms with Gasteiger partial charge in [-0.2, -0.15) is 8.78 Å². The Hall–Kier alpha value is -0.740. The van der Waals surface area contributed by atoms with Crippen molar-refractivity contribution in [1.29, 1.82) is 0 Å². The summed E-state index contributed by atoms with van der Waals surface area (Å²) in [7, 11) is 0. The number of ether oxygens (including phenoxy) is 1. The van der Waals surface area contributed by atoms with Crippen molar-refractivity contribution >= 4 is 5.97 Å². The molecule has 0 unspecified atom stereocenters. The third kappa shape index (κ3) is 3.81. The number of carbonyl (C=O) groups is 1. The van der Waals surface area contributed by atoms with Crippen LogP contribution in [0.4, 0.5) is 13.2 Å². The fourth-order valence-electron chi connectivity index (χ4n) is 0.238. The molecule has 9 heavy (non-hydrogen) atoms. The zero-order chi connectivity index (χ0) is 7.49. The molecule has 0 aliphatic carbocycles. The van der Waals surface area contributed by atoms with Crippen molar-refractivity contribution in [1.82, 2.24) is 0 Å². The fourth-order valence-corrected chi connectivity index (χ4v) is 0.238. The van der Waals surface area contributed by atoms with Crippen LogP contribution < -0.4 is 0 Å². The highest BCUT2D eigenvalue weighted by Gasteiger charge is 2.32. The highest BCUT2D eigenvalue weighted by molar-refractivity contribution is 5.66. The van der Waals surface area contributed by atoms with E-state index in [1.54, 1.807) is 0 Å². The van der Waals surface area contributed by atoms with Crippen molar-refractivity contribution in [2.45, 2.75) is 13.0 Å². The summed E-state index contributed by atoms with van der Waals surface area (Å²) in [5.41, 5.74) is 0. The van der Waals surface area contributed by atoms with Crippen LogP contribution in [0.5, 0.6) is 0 Å². The molecule has 0 saturated heterocycles. The van der Waals surface area contributed by atoms with Gasteiger partial charge >= 0.3 is 12.1 Å². The number of halogens is 3. The van der Waals surface area contributed by atoms with E-state index < -0.39 is 18.8 Å². The van der Waals surface area contributed by atoms with Crippen LogP contribution in [0.25, 0.3) is 0 Å². The number of rotatable bonds is 2. The molecule has 0 atom stereocenters. The molecule has 0 spiro atoms. The van der Waals surface area contributed by atoms with Gasteiger partial charge in [0, 0.05) is 6.92 Å². The zero-order valence-corrected chi connectivity index (χ0v) is 4.66. The van der Waals surface area contributed by atoms with Crippen LogP contribution in [0.2, 0.25) is 0 Å². The highest BCUT2D eigenvalue weighted by Crippen LogP contribution is 2.14. The molecule has 0 aromatic rings. The predicted molar refractivity (Wildman–Crippen MR) is 22.7 cm³/mol. The van der Waals surface area contributed by atoms with E-state index in [9.17, 15) is 18.0 Å². The molecule has 0 aliphatic heterocycles. The lowest BCUT2D eigenvalue weighted by Crippen LogP contribution is -2.25. The van der Waals surface area contributed by atoms with Gasteiger partial charge in [0.05, 0.1) is 0 Å². The first kappa shape index (κ1) is 8.26. The van der Waals surface area contributed by atoms with Gasteiger partial charge in [0.2, 0.25) is 0 Å². The van der Waals surface area contributed by atoms with Gasteiger partial charge < -0.3 is 4.74 Å². The number of esters is 1. The Kier molecular flexibility index (Phi) is 2.48. The molecule has 0 aromatic carbocycles. The number of hydrogen-bond donors (Lipinski definition) is 0. The van der Waals surface area contributed by atoms with Gasteiger partial charge in [-0.1, -0.05) is 0 Å². The lowest BCUT2D eigenvalue weighted by Gasteiger charge is -2.09.